The minimum Gasteiger partial charge on any atom is -0.380 e. The average Bonchev–Trinajstić information content (AvgIpc) is 2.30. The molecule has 1 aromatic heterocycles. The number of hydrogen-bond acceptors (Lipinski definition) is 2. The van der Waals surface area contributed by atoms with Crippen LogP contribution in [0.1, 0.15) is 5.56 Å². The van der Waals surface area contributed by atoms with Gasteiger partial charge in [-0.3, -0.25) is 4.98 Å². The Kier molecular flexibility index (Phi) is 3.97. The minimum atomic E-state index is -0.274. The normalized spacial score (nSPS) is 10.3. The molecule has 0 amide bonds. The predicted molar refractivity (Wildman–Crippen MR) is 70.7 cm³/mol. The Bertz CT molecular complexity index is 534. The lowest BCUT2D eigenvalue weighted by molar-refractivity contribution is 0.627. The van der Waals surface area contributed by atoms with Crippen molar-refractivity contribution in [3.63, 3.8) is 0 Å². The van der Waals surface area contributed by atoms with Crippen LogP contribution in [0, 0.1) is 5.82 Å². The van der Waals surface area contributed by atoms with E-state index in [9.17, 15) is 4.39 Å². The number of halogens is 3. The van der Waals surface area contributed by atoms with Crippen LogP contribution in [-0.4, -0.2) is 4.98 Å². The first-order chi connectivity index (χ1) is 8.16. The zero-order valence-electron chi connectivity index (χ0n) is 8.75. The van der Waals surface area contributed by atoms with Gasteiger partial charge < -0.3 is 5.32 Å². The van der Waals surface area contributed by atoms with Crippen LogP contribution < -0.4 is 5.32 Å². The molecule has 0 saturated heterocycles. The lowest BCUT2D eigenvalue weighted by atomic mass is 10.2. The molecule has 0 atom stereocenters. The van der Waals surface area contributed by atoms with Crippen molar-refractivity contribution in [3.05, 3.63) is 57.5 Å². The minimum absolute atomic E-state index is 0.274. The largest absolute Gasteiger partial charge is 0.380 e. The Labute approximate surface area is 112 Å². The molecule has 1 heterocycles. The van der Waals surface area contributed by atoms with E-state index < -0.39 is 0 Å². The first-order valence-corrected chi connectivity index (χ1v) is 6.11. The van der Waals surface area contributed by atoms with Crippen molar-refractivity contribution in [3.8, 4) is 0 Å². The molecule has 0 aliphatic heterocycles. The summed E-state index contributed by atoms with van der Waals surface area (Å²) in [5.41, 5.74) is 1.76. The number of nitrogens with one attached hydrogen (secondary N) is 1. The zero-order valence-corrected chi connectivity index (χ0v) is 11.1. The number of anilines is 1. The maximum atomic E-state index is 12.9. The number of hydrogen-bond donors (Lipinski definition) is 1. The van der Waals surface area contributed by atoms with Gasteiger partial charge in [-0.2, -0.15) is 0 Å². The van der Waals surface area contributed by atoms with Gasteiger partial charge in [0.2, 0.25) is 0 Å². The molecule has 0 aliphatic carbocycles. The van der Waals surface area contributed by atoms with Crippen molar-refractivity contribution in [2.75, 3.05) is 5.32 Å². The highest BCUT2D eigenvalue weighted by molar-refractivity contribution is 9.10. The Morgan fingerprint density at radius 2 is 2.18 bits per heavy atom. The molecule has 17 heavy (non-hydrogen) atoms. The molecule has 0 saturated carbocycles. The molecule has 1 N–H and O–H groups in total. The van der Waals surface area contributed by atoms with Crippen LogP contribution in [-0.2, 0) is 6.54 Å². The second kappa shape index (κ2) is 5.47. The molecule has 0 aliphatic rings. The molecule has 2 aromatic rings. The Hall–Kier alpha value is -1.13. The van der Waals surface area contributed by atoms with Gasteiger partial charge in [0.05, 0.1) is 5.02 Å². The molecule has 5 heteroatoms. The first kappa shape index (κ1) is 12.3. The SMILES string of the molecule is Fc1ccc(NCc2ccncc2Cl)c(Br)c1. The fourth-order valence-electron chi connectivity index (χ4n) is 1.37. The van der Waals surface area contributed by atoms with Gasteiger partial charge in [-0.1, -0.05) is 11.6 Å². The van der Waals surface area contributed by atoms with Gasteiger partial charge in [-0.15, -0.1) is 0 Å². The second-order valence-corrected chi connectivity index (χ2v) is 4.71. The van der Waals surface area contributed by atoms with Gasteiger partial charge in [0.25, 0.3) is 0 Å². The maximum absolute atomic E-state index is 12.9. The van der Waals surface area contributed by atoms with Gasteiger partial charge in [-0.05, 0) is 45.8 Å². The van der Waals surface area contributed by atoms with E-state index in [-0.39, 0.29) is 5.82 Å². The van der Waals surface area contributed by atoms with Crippen molar-refractivity contribution in [2.45, 2.75) is 6.54 Å². The van der Waals surface area contributed by atoms with E-state index in [1.807, 2.05) is 6.07 Å². The third-order valence-corrected chi connectivity index (χ3v) is 3.25. The molecule has 0 bridgehead atoms. The van der Waals surface area contributed by atoms with Gasteiger partial charge in [0.15, 0.2) is 0 Å². The van der Waals surface area contributed by atoms with E-state index in [1.54, 1.807) is 18.5 Å². The number of pyridine rings is 1. The molecule has 0 fully saturated rings. The van der Waals surface area contributed by atoms with Gasteiger partial charge in [0.1, 0.15) is 5.82 Å². The van der Waals surface area contributed by atoms with E-state index in [2.05, 4.69) is 26.2 Å². The van der Waals surface area contributed by atoms with Crippen LogP contribution in [0.3, 0.4) is 0 Å². The monoisotopic (exact) mass is 314 g/mol. The average molecular weight is 316 g/mol. The predicted octanol–water partition coefficient (Wildman–Crippen LogP) is 4.25. The highest BCUT2D eigenvalue weighted by atomic mass is 79.9. The standard InChI is InChI=1S/C12H9BrClFN2/c13-10-5-9(15)1-2-12(10)17-6-8-3-4-16-7-11(8)14/h1-5,7,17H,6H2. The smallest absolute Gasteiger partial charge is 0.124 e. The third-order valence-electron chi connectivity index (χ3n) is 2.26. The molecule has 0 spiro atoms. The van der Waals surface area contributed by atoms with Gasteiger partial charge in [0, 0.05) is 29.1 Å². The molecule has 1 aromatic carbocycles. The van der Waals surface area contributed by atoms with Crippen LogP contribution in [0.4, 0.5) is 10.1 Å². The molecule has 88 valence electrons. The number of aromatic nitrogens is 1. The van der Waals surface area contributed by atoms with Crippen LogP contribution in [0.15, 0.2) is 41.1 Å². The lowest BCUT2D eigenvalue weighted by Crippen LogP contribution is -2.01. The van der Waals surface area contributed by atoms with Crippen molar-refractivity contribution in [1.82, 2.24) is 4.98 Å². The fraction of sp³-hybridized carbons (Fsp3) is 0.0833. The molecule has 0 radical (unpaired) electrons. The zero-order chi connectivity index (χ0) is 12.3. The highest BCUT2D eigenvalue weighted by Gasteiger charge is 2.03. The van der Waals surface area contributed by atoms with E-state index in [4.69, 9.17) is 11.6 Å². The van der Waals surface area contributed by atoms with Gasteiger partial charge in [-0.25, -0.2) is 4.39 Å². The molecular formula is C12H9BrClFN2. The Morgan fingerprint density at radius 1 is 1.35 bits per heavy atom. The summed E-state index contributed by atoms with van der Waals surface area (Å²) in [5, 5.41) is 3.78. The summed E-state index contributed by atoms with van der Waals surface area (Å²) in [7, 11) is 0. The first-order valence-electron chi connectivity index (χ1n) is 4.94. The maximum Gasteiger partial charge on any atom is 0.124 e. The fourth-order valence-corrected chi connectivity index (χ4v) is 2.05. The molecular weight excluding hydrogens is 307 g/mol. The summed E-state index contributed by atoms with van der Waals surface area (Å²) in [6.07, 6.45) is 3.28. The molecule has 2 rings (SSSR count). The number of nitrogens with zero attached hydrogens (tertiary/aromatic N) is 1. The van der Waals surface area contributed by atoms with Crippen molar-refractivity contribution >= 4 is 33.2 Å². The molecule has 2 nitrogen and oxygen atoms in total. The van der Waals surface area contributed by atoms with Crippen molar-refractivity contribution < 1.29 is 4.39 Å². The number of benzene rings is 1. The van der Waals surface area contributed by atoms with E-state index in [0.29, 0.717) is 16.0 Å². The van der Waals surface area contributed by atoms with Crippen molar-refractivity contribution in [2.24, 2.45) is 0 Å². The Morgan fingerprint density at radius 3 is 2.88 bits per heavy atom. The summed E-state index contributed by atoms with van der Waals surface area (Å²) in [6, 6.07) is 6.33. The van der Waals surface area contributed by atoms with Crippen LogP contribution in [0.5, 0.6) is 0 Å². The topological polar surface area (TPSA) is 24.9 Å². The highest BCUT2D eigenvalue weighted by Crippen LogP contribution is 2.24. The quantitative estimate of drug-likeness (QED) is 0.916. The van der Waals surface area contributed by atoms with E-state index >= 15 is 0 Å². The van der Waals surface area contributed by atoms with Gasteiger partial charge >= 0.3 is 0 Å². The summed E-state index contributed by atoms with van der Waals surface area (Å²) >= 11 is 9.27. The van der Waals surface area contributed by atoms with Crippen LogP contribution >= 0.6 is 27.5 Å². The lowest BCUT2D eigenvalue weighted by Gasteiger charge is -2.09. The van der Waals surface area contributed by atoms with E-state index in [1.165, 1.54) is 12.1 Å². The summed E-state index contributed by atoms with van der Waals surface area (Å²) < 4.78 is 13.6. The second-order valence-electron chi connectivity index (χ2n) is 3.44. The summed E-state index contributed by atoms with van der Waals surface area (Å²) in [6.45, 7) is 0.561. The van der Waals surface area contributed by atoms with Crippen LogP contribution in [0.25, 0.3) is 0 Å². The van der Waals surface area contributed by atoms with Crippen molar-refractivity contribution in [1.29, 1.82) is 0 Å². The molecule has 0 unspecified atom stereocenters. The van der Waals surface area contributed by atoms with E-state index in [0.717, 1.165) is 11.3 Å². The summed E-state index contributed by atoms with van der Waals surface area (Å²) in [4.78, 5) is 3.91. The number of rotatable bonds is 3. The Balaban J connectivity index is 2.10. The summed E-state index contributed by atoms with van der Waals surface area (Å²) in [5.74, 6) is -0.274. The third kappa shape index (κ3) is 3.17. The van der Waals surface area contributed by atoms with Crippen LogP contribution in [0.2, 0.25) is 5.02 Å².